The summed E-state index contributed by atoms with van der Waals surface area (Å²) in [6.07, 6.45) is 1.03. The molecule has 0 bridgehead atoms. The molecule has 96 valence electrons. The fraction of sp³-hybridized carbons (Fsp3) is 0.176. The van der Waals surface area contributed by atoms with Gasteiger partial charge in [0, 0.05) is 4.88 Å². The molecule has 0 amide bonds. The molecule has 3 rings (SSSR count). The van der Waals surface area contributed by atoms with Gasteiger partial charge in [-0.2, -0.15) is 0 Å². The molecule has 0 radical (unpaired) electrons. The van der Waals surface area contributed by atoms with Gasteiger partial charge in [-0.1, -0.05) is 49.4 Å². The van der Waals surface area contributed by atoms with Crippen molar-refractivity contribution < 1.29 is 0 Å². The zero-order valence-corrected chi connectivity index (χ0v) is 12.3. The molecule has 0 aliphatic carbocycles. The van der Waals surface area contributed by atoms with Gasteiger partial charge in [0.25, 0.3) is 0 Å². The zero-order chi connectivity index (χ0) is 13.2. The van der Waals surface area contributed by atoms with Crippen LogP contribution in [-0.4, -0.2) is 0 Å². The van der Waals surface area contributed by atoms with E-state index in [2.05, 4.69) is 60.8 Å². The quantitative estimate of drug-likeness (QED) is 0.534. The number of fused-ring (bicyclic) bond motifs is 1. The van der Waals surface area contributed by atoms with Crippen LogP contribution < -0.4 is 0 Å². The number of thiophene rings is 1. The molecule has 0 aliphatic heterocycles. The Bertz CT molecular complexity index is 694. The van der Waals surface area contributed by atoms with E-state index in [1.165, 1.54) is 26.8 Å². The van der Waals surface area contributed by atoms with Gasteiger partial charge in [-0.05, 0) is 39.8 Å². The summed E-state index contributed by atoms with van der Waals surface area (Å²) in [5.74, 6) is 0. The van der Waals surface area contributed by atoms with Gasteiger partial charge in [-0.25, -0.2) is 0 Å². The summed E-state index contributed by atoms with van der Waals surface area (Å²) in [7, 11) is 0. The van der Waals surface area contributed by atoms with Gasteiger partial charge in [0.2, 0.25) is 0 Å². The van der Waals surface area contributed by atoms with Crippen molar-refractivity contribution in [3.63, 3.8) is 0 Å². The molecule has 0 spiro atoms. The van der Waals surface area contributed by atoms with Crippen molar-refractivity contribution in [2.45, 2.75) is 18.7 Å². The minimum atomic E-state index is -0.0546. The maximum atomic E-state index is 6.75. The fourth-order valence-corrected chi connectivity index (χ4v) is 3.95. The van der Waals surface area contributed by atoms with Crippen LogP contribution in [0.1, 0.15) is 28.3 Å². The summed E-state index contributed by atoms with van der Waals surface area (Å²) in [5, 5.41) is 4.58. The predicted molar refractivity (Wildman–Crippen MR) is 85.3 cm³/mol. The van der Waals surface area contributed by atoms with Gasteiger partial charge in [0.05, 0.1) is 5.38 Å². The minimum absolute atomic E-state index is 0.0546. The van der Waals surface area contributed by atoms with Crippen LogP contribution in [0.25, 0.3) is 10.8 Å². The first-order valence-electron chi connectivity index (χ1n) is 6.49. The predicted octanol–water partition coefficient (Wildman–Crippen LogP) is 5.79. The van der Waals surface area contributed by atoms with Crippen molar-refractivity contribution in [1.29, 1.82) is 0 Å². The molecule has 0 fully saturated rings. The van der Waals surface area contributed by atoms with E-state index in [1.807, 2.05) is 0 Å². The van der Waals surface area contributed by atoms with Crippen molar-refractivity contribution in [3.8, 4) is 0 Å². The van der Waals surface area contributed by atoms with Crippen molar-refractivity contribution in [1.82, 2.24) is 0 Å². The molecule has 3 aromatic rings. The number of aryl methyl sites for hydroxylation is 1. The molecule has 0 saturated heterocycles. The smallest absolute Gasteiger partial charge is 0.0936 e. The van der Waals surface area contributed by atoms with E-state index in [4.69, 9.17) is 11.6 Å². The molecule has 0 N–H and O–H groups in total. The van der Waals surface area contributed by atoms with E-state index in [0.29, 0.717) is 0 Å². The summed E-state index contributed by atoms with van der Waals surface area (Å²) in [6, 6.07) is 17.0. The third-order valence-corrected chi connectivity index (χ3v) is 5.09. The molecular weight excluding hydrogens is 272 g/mol. The van der Waals surface area contributed by atoms with Crippen molar-refractivity contribution >= 4 is 33.7 Å². The second-order valence-electron chi connectivity index (χ2n) is 4.59. The first-order chi connectivity index (χ1) is 9.31. The van der Waals surface area contributed by atoms with Gasteiger partial charge in [0.1, 0.15) is 0 Å². The molecular formula is C17H15ClS. The van der Waals surface area contributed by atoms with E-state index in [-0.39, 0.29) is 5.38 Å². The van der Waals surface area contributed by atoms with Crippen LogP contribution in [0.5, 0.6) is 0 Å². The number of hydrogen-bond donors (Lipinski definition) is 0. The lowest BCUT2D eigenvalue weighted by Crippen LogP contribution is -1.95. The standard InChI is InChI=1S/C17H15ClS/c1-2-12-10-11-19-17(12)16(18)15-9-5-7-13-6-3-4-8-14(13)15/h3-11,16H,2H2,1H3. The van der Waals surface area contributed by atoms with E-state index in [0.717, 1.165) is 6.42 Å². The average molecular weight is 287 g/mol. The second kappa shape index (κ2) is 5.36. The second-order valence-corrected chi connectivity index (χ2v) is 5.98. The van der Waals surface area contributed by atoms with Crippen molar-refractivity contribution in [2.24, 2.45) is 0 Å². The maximum absolute atomic E-state index is 6.75. The van der Waals surface area contributed by atoms with Crippen LogP contribution in [0.2, 0.25) is 0 Å². The Hall–Kier alpha value is -1.31. The summed E-state index contributed by atoms with van der Waals surface area (Å²) < 4.78 is 0. The third-order valence-electron chi connectivity index (χ3n) is 3.49. The number of alkyl halides is 1. The monoisotopic (exact) mass is 286 g/mol. The lowest BCUT2D eigenvalue weighted by molar-refractivity contribution is 1.08. The number of hydrogen-bond acceptors (Lipinski definition) is 1. The van der Waals surface area contributed by atoms with Crippen molar-refractivity contribution in [3.05, 3.63) is 69.9 Å². The molecule has 1 atom stereocenters. The van der Waals surface area contributed by atoms with Gasteiger partial charge in [0.15, 0.2) is 0 Å². The number of rotatable bonds is 3. The van der Waals surface area contributed by atoms with E-state index < -0.39 is 0 Å². The Morgan fingerprint density at radius 2 is 1.84 bits per heavy atom. The number of halogens is 1. The average Bonchev–Trinajstić information content (AvgIpc) is 2.94. The van der Waals surface area contributed by atoms with Crippen LogP contribution in [0.3, 0.4) is 0 Å². The van der Waals surface area contributed by atoms with Crippen LogP contribution in [0.15, 0.2) is 53.9 Å². The molecule has 0 aliphatic rings. The molecule has 0 nitrogen and oxygen atoms in total. The van der Waals surface area contributed by atoms with Crippen LogP contribution in [0, 0.1) is 0 Å². The number of benzene rings is 2. The highest BCUT2D eigenvalue weighted by molar-refractivity contribution is 7.10. The van der Waals surface area contributed by atoms with E-state index in [9.17, 15) is 0 Å². The van der Waals surface area contributed by atoms with Gasteiger partial charge >= 0.3 is 0 Å². The zero-order valence-electron chi connectivity index (χ0n) is 10.8. The summed E-state index contributed by atoms with van der Waals surface area (Å²) in [6.45, 7) is 2.18. The van der Waals surface area contributed by atoms with Crippen molar-refractivity contribution in [2.75, 3.05) is 0 Å². The molecule has 2 heteroatoms. The molecule has 19 heavy (non-hydrogen) atoms. The highest BCUT2D eigenvalue weighted by Crippen LogP contribution is 2.38. The summed E-state index contributed by atoms with van der Waals surface area (Å²) >= 11 is 8.50. The summed E-state index contributed by atoms with van der Waals surface area (Å²) in [5.41, 5.74) is 2.56. The van der Waals surface area contributed by atoms with Crippen LogP contribution in [0.4, 0.5) is 0 Å². The molecule has 1 aromatic heterocycles. The molecule has 2 aromatic carbocycles. The SMILES string of the molecule is CCc1ccsc1C(Cl)c1cccc2ccccc12. The Morgan fingerprint density at radius 1 is 1.05 bits per heavy atom. The maximum Gasteiger partial charge on any atom is 0.0936 e. The Morgan fingerprint density at radius 3 is 2.68 bits per heavy atom. The Labute approximate surface area is 122 Å². The Kier molecular flexibility index (Phi) is 3.58. The molecule has 1 heterocycles. The normalized spacial score (nSPS) is 12.7. The molecule has 1 unspecified atom stereocenters. The first-order valence-corrected chi connectivity index (χ1v) is 7.81. The third kappa shape index (κ3) is 2.29. The first kappa shape index (κ1) is 12.7. The van der Waals surface area contributed by atoms with Gasteiger partial charge < -0.3 is 0 Å². The van der Waals surface area contributed by atoms with E-state index in [1.54, 1.807) is 11.3 Å². The minimum Gasteiger partial charge on any atom is -0.147 e. The van der Waals surface area contributed by atoms with Gasteiger partial charge in [-0.3, -0.25) is 0 Å². The van der Waals surface area contributed by atoms with Crippen LogP contribution >= 0.6 is 22.9 Å². The highest BCUT2D eigenvalue weighted by Gasteiger charge is 2.17. The summed E-state index contributed by atoms with van der Waals surface area (Å²) in [4.78, 5) is 1.28. The lowest BCUT2D eigenvalue weighted by Gasteiger charge is -2.13. The molecule has 0 saturated carbocycles. The van der Waals surface area contributed by atoms with Crippen LogP contribution in [-0.2, 0) is 6.42 Å². The highest BCUT2D eigenvalue weighted by atomic mass is 35.5. The topological polar surface area (TPSA) is 0 Å². The largest absolute Gasteiger partial charge is 0.147 e. The van der Waals surface area contributed by atoms with Gasteiger partial charge in [-0.15, -0.1) is 22.9 Å². The lowest BCUT2D eigenvalue weighted by atomic mass is 9.99. The Balaban J connectivity index is 2.14. The van der Waals surface area contributed by atoms with E-state index >= 15 is 0 Å². The fourth-order valence-electron chi connectivity index (χ4n) is 2.47.